The standard InChI is InChI=1S/C18H22ClNO6S/c19-12-5-6-16(21)15(9-12)18(23)26-10-17(22)20(13-3-1-2-4-13)14-7-8-27(24,25)11-14/h5-6,9,13-14,21H,1-4,7-8,10-11H2/t14-/m1/s1. The highest BCUT2D eigenvalue weighted by Gasteiger charge is 2.39. The minimum atomic E-state index is -3.14. The van der Waals surface area contributed by atoms with E-state index in [1.165, 1.54) is 18.2 Å². The molecule has 148 valence electrons. The van der Waals surface area contributed by atoms with Crippen LogP contribution in [-0.2, 0) is 19.4 Å². The van der Waals surface area contributed by atoms with Crippen LogP contribution in [0.4, 0.5) is 0 Å². The number of carbonyl (C=O) groups is 2. The smallest absolute Gasteiger partial charge is 0.342 e. The lowest BCUT2D eigenvalue weighted by Gasteiger charge is -2.33. The third kappa shape index (κ3) is 4.73. The number of carbonyl (C=O) groups excluding carboxylic acids is 2. The van der Waals surface area contributed by atoms with Crippen LogP contribution < -0.4 is 0 Å². The van der Waals surface area contributed by atoms with Gasteiger partial charge in [0, 0.05) is 17.1 Å². The Labute approximate surface area is 163 Å². The van der Waals surface area contributed by atoms with E-state index < -0.39 is 28.3 Å². The van der Waals surface area contributed by atoms with Gasteiger partial charge in [-0.1, -0.05) is 24.4 Å². The molecule has 1 aliphatic carbocycles. The van der Waals surface area contributed by atoms with Crippen LogP contribution in [0.2, 0.25) is 5.02 Å². The third-order valence-corrected chi connectivity index (χ3v) is 7.10. The first kappa shape index (κ1) is 19.9. The number of ether oxygens (including phenoxy) is 1. The Morgan fingerprint density at radius 2 is 1.89 bits per heavy atom. The normalized spacial score (nSPS) is 21.9. The maximum Gasteiger partial charge on any atom is 0.342 e. The predicted molar refractivity (Wildman–Crippen MR) is 99.6 cm³/mol. The topological polar surface area (TPSA) is 101 Å². The Morgan fingerprint density at radius 1 is 1.19 bits per heavy atom. The van der Waals surface area contributed by atoms with Gasteiger partial charge in [-0.15, -0.1) is 0 Å². The van der Waals surface area contributed by atoms with Crippen LogP contribution in [0.5, 0.6) is 5.75 Å². The van der Waals surface area contributed by atoms with E-state index in [-0.39, 0.29) is 39.9 Å². The van der Waals surface area contributed by atoms with Crippen LogP contribution in [0.1, 0.15) is 42.5 Å². The van der Waals surface area contributed by atoms with Gasteiger partial charge >= 0.3 is 5.97 Å². The summed E-state index contributed by atoms with van der Waals surface area (Å²) in [6, 6.07) is 3.58. The first-order valence-electron chi connectivity index (χ1n) is 8.94. The van der Waals surface area contributed by atoms with Gasteiger partial charge in [0.05, 0.1) is 11.5 Å². The molecule has 1 saturated carbocycles. The van der Waals surface area contributed by atoms with Gasteiger partial charge in [-0.25, -0.2) is 13.2 Å². The SMILES string of the molecule is O=C(OCC(=O)N(C1CCCC1)[C@@H]1CCS(=O)(=O)C1)c1cc(Cl)ccc1O. The summed E-state index contributed by atoms with van der Waals surface area (Å²) in [6.45, 7) is -0.502. The molecule has 2 aliphatic rings. The first-order chi connectivity index (χ1) is 12.8. The van der Waals surface area contributed by atoms with Crippen LogP contribution in [0.25, 0.3) is 0 Å². The van der Waals surface area contributed by atoms with Crippen molar-refractivity contribution in [2.45, 2.75) is 44.2 Å². The van der Waals surface area contributed by atoms with E-state index in [4.69, 9.17) is 16.3 Å². The molecule has 1 heterocycles. The van der Waals surface area contributed by atoms with Gasteiger partial charge in [-0.2, -0.15) is 0 Å². The number of esters is 1. The zero-order valence-corrected chi connectivity index (χ0v) is 16.3. The van der Waals surface area contributed by atoms with Crippen molar-refractivity contribution in [2.75, 3.05) is 18.1 Å². The summed E-state index contributed by atoms with van der Waals surface area (Å²) in [5.41, 5.74) is -0.119. The van der Waals surface area contributed by atoms with Gasteiger partial charge in [0.2, 0.25) is 0 Å². The second-order valence-corrected chi connectivity index (χ2v) is 9.70. The van der Waals surface area contributed by atoms with E-state index >= 15 is 0 Å². The number of aromatic hydroxyl groups is 1. The Hall–Kier alpha value is -1.80. The number of phenols is 1. The highest BCUT2D eigenvalue weighted by atomic mass is 35.5. The molecule has 1 aliphatic heterocycles. The monoisotopic (exact) mass is 415 g/mol. The molecule has 0 spiro atoms. The lowest BCUT2D eigenvalue weighted by atomic mass is 10.1. The minimum Gasteiger partial charge on any atom is -0.507 e. The molecule has 1 amide bonds. The fraction of sp³-hybridized carbons (Fsp3) is 0.556. The summed E-state index contributed by atoms with van der Waals surface area (Å²) in [7, 11) is -3.14. The van der Waals surface area contributed by atoms with Crippen molar-refractivity contribution >= 4 is 33.3 Å². The maximum absolute atomic E-state index is 12.8. The van der Waals surface area contributed by atoms with E-state index in [0.717, 1.165) is 25.7 Å². The fourth-order valence-corrected chi connectivity index (χ4v) is 5.72. The molecule has 1 aromatic carbocycles. The lowest BCUT2D eigenvalue weighted by Crippen LogP contribution is -2.48. The van der Waals surface area contributed by atoms with Crippen molar-refractivity contribution in [2.24, 2.45) is 0 Å². The highest BCUT2D eigenvalue weighted by molar-refractivity contribution is 7.91. The van der Waals surface area contributed by atoms with Gasteiger partial charge in [0.1, 0.15) is 11.3 Å². The van der Waals surface area contributed by atoms with Crippen molar-refractivity contribution in [3.63, 3.8) is 0 Å². The number of hydrogen-bond donors (Lipinski definition) is 1. The average Bonchev–Trinajstić information content (AvgIpc) is 3.25. The van der Waals surface area contributed by atoms with Gasteiger partial charge in [0.25, 0.3) is 5.91 Å². The molecule has 1 atom stereocenters. The minimum absolute atomic E-state index is 0.0194. The molecule has 1 N–H and O–H groups in total. The predicted octanol–water partition coefficient (Wildman–Crippen LogP) is 2.16. The molecule has 0 bridgehead atoms. The summed E-state index contributed by atoms with van der Waals surface area (Å²) in [5.74, 6) is -1.51. The van der Waals surface area contributed by atoms with Crippen LogP contribution in [0.3, 0.4) is 0 Å². The number of phenolic OH excluding ortho intramolecular Hbond substituents is 1. The lowest BCUT2D eigenvalue weighted by molar-refractivity contribution is -0.139. The van der Waals surface area contributed by atoms with Gasteiger partial charge < -0.3 is 14.7 Å². The van der Waals surface area contributed by atoms with Crippen LogP contribution in [0, 0.1) is 0 Å². The summed E-state index contributed by atoms with van der Waals surface area (Å²) >= 11 is 5.82. The summed E-state index contributed by atoms with van der Waals surface area (Å²) in [6.07, 6.45) is 4.04. The van der Waals surface area contributed by atoms with E-state index in [1.807, 2.05) is 0 Å². The Morgan fingerprint density at radius 3 is 2.52 bits per heavy atom. The van der Waals surface area contributed by atoms with Gasteiger partial charge in [0.15, 0.2) is 16.4 Å². The molecule has 9 heteroatoms. The summed E-state index contributed by atoms with van der Waals surface area (Å²) < 4.78 is 28.8. The molecule has 7 nitrogen and oxygen atoms in total. The maximum atomic E-state index is 12.8. The second-order valence-electron chi connectivity index (χ2n) is 7.03. The molecule has 2 fully saturated rings. The van der Waals surface area contributed by atoms with Crippen molar-refractivity contribution in [3.8, 4) is 5.75 Å². The van der Waals surface area contributed by atoms with Crippen molar-refractivity contribution in [1.82, 2.24) is 4.90 Å². The number of nitrogens with zero attached hydrogens (tertiary/aromatic N) is 1. The first-order valence-corrected chi connectivity index (χ1v) is 11.1. The molecule has 1 aromatic rings. The van der Waals surface area contributed by atoms with E-state index in [1.54, 1.807) is 4.90 Å². The Kier molecular flexibility index (Phi) is 5.95. The molecule has 0 unspecified atom stereocenters. The van der Waals surface area contributed by atoms with Crippen molar-refractivity contribution < 1.29 is 27.9 Å². The highest BCUT2D eigenvalue weighted by Crippen LogP contribution is 2.29. The number of rotatable bonds is 5. The fourth-order valence-electron chi connectivity index (χ4n) is 3.83. The molecule has 3 rings (SSSR count). The number of hydrogen-bond acceptors (Lipinski definition) is 6. The Balaban J connectivity index is 1.69. The summed E-state index contributed by atoms with van der Waals surface area (Å²) in [4.78, 5) is 26.6. The quantitative estimate of drug-likeness (QED) is 0.739. The molecular formula is C18H22ClNO6S. The molecule has 0 radical (unpaired) electrons. The largest absolute Gasteiger partial charge is 0.507 e. The number of benzene rings is 1. The zero-order valence-electron chi connectivity index (χ0n) is 14.8. The molecule has 1 saturated heterocycles. The van der Waals surface area contributed by atoms with Crippen LogP contribution in [0.15, 0.2) is 18.2 Å². The van der Waals surface area contributed by atoms with Crippen molar-refractivity contribution in [1.29, 1.82) is 0 Å². The zero-order chi connectivity index (χ0) is 19.6. The summed E-state index contributed by atoms with van der Waals surface area (Å²) in [5, 5.41) is 10.0. The molecule has 27 heavy (non-hydrogen) atoms. The van der Waals surface area contributed by atoms with Crippen LogP contribution >= 0.6 is 11.6 Å². The van der Waals surface area contributed by atoms with E-state index in [0.29, 0.717) is 6.42 Å². The van der Waals surface area contributed by atoms with E-state index in [2.05, 4.69) is 0 Å². The number of halogens is 1. The number of amides is 1. The average molecular weight is 416 g/mol. The van der Waals surface area contributed by atoms with Crippen LogP contribution in [-0.4, -0.2) is 60.5 Å². The second kappa shape index (κ2) is 8.06. The molecular weight excluding hydrogens is 394 g/mol. The van der Waals surface area contributed by atoms with E-state index in [9.17, 15) is 23.1 Å². The number of sulfone groups is 1. The van der Waals surface area contributed by atoms with Gasteiger partial charge in [-0.3, -0.25) is 4.79 Å². The molecule has 0 aromatic heterocycles. The van der Waals surface area contributed by atoms with Gasteiger partial charge in [-0.05, 0) is 37.5 Å². The third-order valence-electron chi connectivity index (χ3n) is 5.11. The van der Waals surface area contributed by atoms with Crippen molar-refractivity contribution in [3.05, 3.63) is 28.8 Å². The Bertz CT molecular complexity index is 834.